The third-order valence-corrected chi connectivity index (χ3v) is 4.14. The number of rotatable bonds is 10. The van der Waals surface area contributed by atoms with Gasteiger partial charge in [0.05, 0.1) is 30.1 Å². The predicted octanol–water partition coefficient (Wildman–Crippen LogP) is 3.72. The zero-order chi connectivity index (χ0) is 23.0. The summed E-state index contributed by atoms with van der Waals surface area (Å²) in [5.41, 5.74) is -0.311. The second-order valence-electron chi connectivity index (χ2n) is 5.94. The number of hydrogen-bond acceptors (Lipinski definition) is 7. The van der Waals surface area contributed by atoms with Gasteiger partial charge in [0.2, 0.25) is 0 Å². The second-order valence-corrected chi connectivity index (χ2v) is 6.38. The van der Waals surface area contributed by atoms with Crippen LogP contribution in [0, 0.1) is 10.1 Å². The van der Waals surface area contributed by atoms with Gasteiger partial charge in [-0.05, 0) is 30.3 Å². The summed E-state index contributed by atoms with van der Waals surface area (Å²) in [7, 11) is 1.17. The van der Waals surface area contributed by atoms with Crippen LogP contribution in [-0.4, -0.2) is 37.1 Å². The lowest BCUT2D eigenvalue weighted by Crippen LogP contribution is -2.26. The van der Waals surface area contributed by atoms with Crippen LogP contribution in [0.15, 0.2) is 36.4 Å². The number of halogens is 3. The standard InChI is InChI=1S/C19H17ClF2N2O7/c1-29-15-8-12(14(24(27)28)9-16(15)31-19(21)22)10-30-17(25)6-7-23-18(26)11-2-4-13(20)5-3-11/h2-5,8-9,19H,6-7,10H2,1H3,(H,23,26). The third-order valence-electron chi connectivity index (χ3n) is 3.89. The Morgan fingerprint density at radius 1 is 1.19 bits per heavy atom. The van der Waals surface area contributed by atoms with Gasteiger partial charge in [-0.2, -0.15) is 8.78 Å². The predicted molar refractivity (Wildman–Crippen MR) is 104 cm³/mol. The molecule has 2 aromatic rings. The lowest BCUT2D eigenvalue weighted by atomic mass is 10.1. The Labute approximate surface area is 180 Å². The van der Waals surface area contributed by atoms with Crippen LogP contribution in [0.4, 0.5) is 14.5 Å². The summed E-state index contributed by atoms with van der Waals surface area (Å²) < 4.78 is 39.0. The largest absolute Gasteiger partial charge is 0.493 e. The molecule has 1 amide bonds. The fourth-order valence-corrected chi connectivity index (χ4v) is 2.56. The summed E-state index contributed by atoms with van der Waals surface area (Å²) in [4.78, 5) is 34.3. The van der Waals surface area contributed by atoms with E-state index in [4.69, 9.17) is 21.1 Å². The normalized spacial score (nSPS) is 10.5. The summed E-state index contributed by atoms with van der Waals surface area (Å²) >= 11 is 5.74. The highest BCUT2D eigenvalue weighted by Gasteiger charge is 2.22. The molecule has 1 N–H and O–H groups in total. The van der Waals surface area contributed by atoms with E-state index in [1.165, 1.54) is 19.2 Å². The lowest BCUT2D eigenvalue weighted by Gasteiger charge is -2.12. The number of alkyl halides is 2. The Hall–Kier alpha value is -3.47. The number of nitrogens with one attached hydrogen (secondary N) is 1. The molecular formula is C19H17ClF2N2O7. The monoisotopic (exact) mass is 458 g/mol. The average Bonchev–Trinajstić information content (AvgIpc) is 2.72. The summed E-state index contributed by atoms with van der Waals surface area (Å²) in [6, 6.07) is 7.97. The number of nitro benzene ring substituents is 1. The van der Waals surface area contributed by atoms with E-state index in [0.717, 1.165) is 12.1 Å². The molecule has 0 spiro atoms. The molecule has 0 radical (unpaired) electrons. The number of benzene rings is 2. The lowest BCUT2D eigenvalue weighted by molar-refractivity contribution is -0.386. The van der Waals surface area contributed by atoms with Crippen molar-refractivity contribution in [2.45, 2.75) is 19.6 Å². The van der Waals surface area contributed by atoms with Crippen LogP contribution >= 0.6 is 11.6 Å². The van der Waals surface area contributed by atoms with Gasteiger partial charge in [-0.15, -0.1) is 0 Å². The minimum atomic E-state index is -3.21. The Bertz CT molecular complexity index is 955. The van der Waals surface area contributed by atoms with Crippen LogP contribution in [-0.2, 0) is 16.1 Å². The number of carbonyl (C=O) groups excluding carboxylic acids is 2. The quantitative estimate of drug-likeness (QED) is 0.327. The molecule has 12 heteroatoms. The molecule has 2 aromatic carbocycles. The van der Waals surface area contributed by atoms with Gasteiger partial charge in [-0.3, -0.25) is 19.7 Å². The van der Waals surface area contributed by atoms with Crippen molar-refractivity contribution in [1.82, 2.24) is 5.32 Å². The number of hydrogen-bond donors (Lipinski definition) is 1. The van der Waals surface area contributed by atoms with Gasteiger partial charge >= 0.3 is 12.6 Å². The molecule has 2 rings (SSSR count). The van der Waals surface area contributed by atoms with E-state index in [1.54, 1.807) is 12.1 Å². The summed E-state index contributed by atoms with van der Waals surface area (Å²) in [6.07, 6.45) is -0.198. The Morgan fingerprint density at radius 2 is 1.87 bits per heavy atom. The summed E-state index contributed by atoms with van der Waals surface area (Å²) in [6.45, 7) is -3.75. The highest BCUT2D eigenvalue weighted by molar-refractivity contribution is 6.30. The number of methoxy groups -OCH3 is 1. The van der Waals surface area contributed by atoms with E-state index in [9.17, 15) is 28.5 Å². The third kappa shape index (κ3) is 7.07. The summed E-state index contributed by atoms with van der Waals surface area (Å²) in [5.74, 6) is -1.87. The van der Waals surface area contributed by atoms with Gasteiger partial charge in [-0.25, -0.2) is 0 Å². The van der Waals surface area contributed by atoms with E-state index in [1.807, 2.05) is 0 Å². The van der Waals surface area contributed by atoms with E-state index in [-0.39, 0.29) is 24.3 Å². The van der Waals surface area contributed by atoms with E-state index >= 15 is 0 Å². The molecule has 0 saturated carbocycles. The number of amides is 1. The van der Waals surface area contributed by atoms with Gasteiger partial charge in [0.25, 0.3) is 11.6 Å². The number of carbonyl (C=O) groups is 2. The molecule has 0 aromatic heterocycles. The first kappa shape index (κ1) is 23.8. The first-order valence-electron chi connectivity index (χ1n) is 8.70. The van der Waals surface area contributed by atoms with Crippen molar-refractivity contribution in [3.8, 4) is 11.5 Å². The zero-order valence-electron chi connectivity index (χ0n) is 16.1. The SMILES string of the molecule is COc1cc(COC(=O)CCNC(=O)c2ccc(Cl)cc2)c([N+](=O)[O-])cc1OC(F)F. The highest BCUT2D eigenvalue weighted by Crippen LogP contribution is 2.36. The minimum absolute atomic E-state index is 0.0348. The van der Waals surface area contributed by atoms with Crippen LogP contribution in [0.2, 0.25) is 5.02 Å². The van der Waals surface area contributed by atoms with E-state index in [2.05, 4.69) is 10.1 Å². The molecule has 9 nitrogen and oxygen atoms in total. The van der Waals surface area contributed by atoms with Crippen LogP contribution in [0.3, 0.4) is 0 Å². The molecule has 0 unspecified atom stereocenters. The van der Waals surface area contributed by atoms with Crippen molar-refractivity contribution >= 4 is 29.2 Å². The van der Waals surface area contributed by atoms with Crippen LogP contribution in [0.5, 0.6) is 11.5 Å². The average molecular weight is 459 g/mol. The smallest absolute Gasteiger partial charge is 0.387 e. The molecule has 0 bridgehead atoms. The molecule has 0 heterocycles. The van der Waals surface area contributed by atoms with Gasteiger partial charge in [0.15, 0.2) is 11.5 Å². The van der Waals surface area contributed by atoms with Crippen molar-refractivity contribution < 1.29 is 37.5 Å². The number of ether oxygens (including phenoxy) is 3. The maximum atomic E-state index is 12.5. The summed E-state index contributed by atoms with van der Waals surface area (Å²) in [5, 5.41) is 14.2. The van der Waals surface area contributed by atoms with E-state index in [0.29, 0.717) is 10.6 Å². The molecule has 0 aliphatic rings. The highest BCUT2D eigenvalue weighted by atomic mass is 35.5. The molecule has 0 aliphatic carbocycles. The zero-order valence-corrected chi connectivity index (χ0v) is 16.9. The Morgan fingerprint density at radius 3 is 2.45 bits per heavy atom. The molecular weight excluding hydrogens is 442 g/mol. The molecule has 0 saturated heterocycles. The fourth-order valence-electron chi connectivity index (χ4n) is 2.44. The van der Waals surface area contributed by atoms with Crippen molar-refractivity contribution in [2.24, 2.45) is 0 Å². The van der Waals surface area contributed by atoms with Crippen molar-refractivity contribution in [3.05, 3.63) is 62.7 Å². The minimum Gasteiger partial charge on any atom is -0.493 e. The number of nitro groups is 1. The van der Waals surface area contributed by atoms with Crippen molar-refractivity contribution in [1.29, 1.82) is 0 Å². The van der Waals surface area contributed by atoms with Gasteiger partial charge in [0.1, 0.15) is 6.61 Å². The first-order chi connectivity index (χ1) is 14.7. The first-order valence-corrected chi connectivity index (χ1v) is 9.08. The molecule has 0 atom stereocenters. The molecule has 166 valence electrons. The Kier molecular flexibility index (Phi) is 8.50. The van der Waals surface area contributed by atoms with E-state index < -0.39 is 41.5 Å². The second kappa shape index (κ2) is 11.1. The Balaban J connectivity index is 1.95. The molecule has 0 aliphatic heterocycles. The van der Waals surface area contributed by atoms with Crippen LogP contribution in [0.1, 0.15) is 22.3 Å². The molecule has 31 heavy (non-hydrogen) atoms. The number of esters is 1. The van der Waals surface area contributed by atoms with Gasteiger partial charge in [0, 0.05) is 17.1 Å². The van der Waals surface area contributed by atoms with Crippen LogP contribution < -0.4 is 14.8 Å². The topological polar surface area (TPSA) is 117 Å². The van der Waals surface area contributed by atoms with Crippen molar-refractivity contribution in [2.75, 3.05) is 13.7 Å². The van der Waals surface area contributed by atoms with Crippen molar-refractivity contribution in [3.63, 3.8) is 0 Å². The fraction of sp³-hybridized carbons (Fsp3) is 0.263. The number of nitrogens with zero attached hydrogens (tertiary/aromatic N) is 1. The maximum absolute atomic E-state index is 12.5. The van der Waals surface area contributed by atoms with Gasteiger partial charge < -0.3 is 19.5 Å². The van der Waals surface area contributed by atoms with Gasteiger partial charge in [-0.1, -0.05) is 11.6 Å². The maximum Gasteiger partial charge on any atom is 0.387 e. The van der Waals surface area contributed by atoms with Crippen LogP contribution in [0.25, 0.3) is 0 Å². The molecule has 0 fully saturated rings.